The highest BCUT2D eigenvalue weighted by molar-refractivity contribution is 5.85. The molecule has 3 heteroatoms. The molecule has 0 aliphatic carbocycles. The number of hydrogen-bond donors (Lipinski definition) is 1. The summed E-state index contributed by atoms with van der Waals surface area (Å²) in [5, 5.41) is 8.42. The maximum atomic E-state index is 10.2. The highest BCUT2D eigenvalue weighted by Crippen LogP contribution is 2.23. The molecule has 0 radical (unpaired) electrons. The number of carbonyl (C=O) groups is 1. The molecule has 0 saturated carbocycles. The molecule has 0 aromatic heterocycles. The number of rotatable bonds is 2. The van der Waals surface area contributed by atoms with E-state index in [1.54, 1.807) is 13.0 Å². The molecule has 56 valence electrons. The third kappa shape index (κ3) is 1.57. The zero-order valence-corrected chi connectivity index (χ0v) is 6.00. The van der Waals surface area contributed by atoms with Gasteiger partial charge >= 0.3 is 5.97 Å². The quantitative estimate of drug-likeness (QED) is 0.458. The van der Waals surface area contributed by atoms with E-state index in [1.807, 2.05) is 6.92 Å². The number of carboxylic acids is 1. The topological polar surface area (TPSA) is 49.8 Å². The van der Waals surface area contributed by atoms with Crippen molar-refractivity contribution in [3.8, 4) is 0 Å². The smallest absolute Gasteiger partial charge is 0.331 e. The van der Waals surface area contributed by atoms with Crippen molar-refractivity contribution < 1.29 is 14.6 Å². The number of epoxide rings is 1. The van der Waals surface area contributed by atoms with Crippen molar-refractivity contribution in [3.05, 3.63) is 11.6 Å². The second-order valence-electron chi connectivity index (χ2n) is 2.46. The summed E-state index contributed by atoms with van der Waals surface area (Å²) >= 11 is 0. The van der Waals surface area contributed by atoms with E-state index in [1.165, 1.54) is 0 Å². The molecule has 2 atom stereocenters. The monoisotopic (exact) mass is 142 g/mol. The Morgan fingerprint density at radius 3 is 2.50 bits per heavy atom. The molecule has 0 spiro atoms. The first kappa shape index (κ1) is 7.28. The summed E-state index contributed by atoms with van der Waals surface area (Å²) in [6.07, 6.45) is 1.87. The molecule has 1 saturated heterocycles. The molecule has 3 nitrogen and oxygen atoms in total. The summed E-state index contributed by atoms with van der Waals surface area (Å²) in [4.78, 5) is 10.2. The number of ether oxygens (including phenoxy) is 1. The summed E-state index contributed by atoms with van der Waals surface area (Å²) < 4.78 is 5.00. The fourth-order valence-electron chi connectivity index (χ4n) is 0.695. The molecule has 2 unspecified atom stereocenters. The molecular weight excluding hydrogens is 132 g/mol. The molecule has 0 amide bonds. The van der Waals surface area contributed by atoms with Crippen LogP contribution in [0.3, 0.4) is 0 Å². The maximum Gasteiger partial charge on any atom is 0.331 e. The van der Waals surface area contributed by atoms with Crippen LogP contribution in [0.5, 0.6) is 0 Å². The van der Waals surface area contributed by atoms with E-state index in [9.17, 15) is 4.79 Å². The van der Waals surface area contributed by atoms with Crippen molar-refractivity contribution in [1.82, 2.24) is 0 Å². The van der Waals surface area contributed by atoms with Crippen LogP contribution in [0.25, 0.3) is 0 Å². The maximum absolute atomic E-state index is 10.2. The van der Waals surface area contributed by atoms with E-state index in [2.05, 4.69) is 0 Å². The average molecular weight is 142 g/mol. The summed E-state index contributed by atoms with van der Waals surface area (Å²) in [7, 11) is 0. The molecule has 1 fully saturated rings. The van der Waals surface area contributed by atoms with Gasteiger partial charge in [-0.05, 0) is 19.9 Å². The highest BCUT2D eigenvalue weighted by atomic mass is 16.6. The van der Waals surface area contributed by atoms with Gasteiger partial charge in [-0.3, -0.25) is 0 Å². The van der Waals surface area contributed by atoms with Crippen molar-refractivity contribution in [2.24, 2.45) is 0 Å². The van der Waals surface area contributed by atoms with Gasteiger partial charge in [0.1, 0.15) is 6.10 Å². The van der Waals surface area contributed by atoms with E-state index >= 15 is 0 Å². The first-order chi connectivity index (χ1) is 4.61. The molecule has 10 heavy (non-hydrogen) atoms. The highest BCUT2D eigenvalue weighted by Gasteiger charge is 2.32. The van der Waals surface area contributed by atoms with E-state index in [0.717, 1.165) is 0 Å². The number of aliphatic carboxylic acids is 1. The molecule has 0 aromatic carbocycles. The van der Waals surface area contributed by atoms with Crippen molar-refractivity contribution in [1.29, 1.82) is 0 Å². The Balaban J connectivity index is 2.47. The summed E-state index contributed by atoms with van der Waals surface area (Å²) in [5.74, 6) is -0.872. The standard InChI is InChI=1S/C7H10O3/c1-4(7(8)9)3-6-5(2)10-6/h3,5-6H,1-2H3,(H,8,9). The summed E-state index contributed by atoms with van der Waals surface area (Å²) in [6.45, 7) is 3.48. The van der Waals surface area contributed by atoms with Gasteiger partial charge in [-0.25, -0.2) is 4.79 Å². The van der Waals surface area contributed by atoms with Crippen LogP contribution in [-0.4, -0.2) is 23.3 Å². The minimum absolute atomic E-state index is 0.0381. The van der Waals surface area contributed by atoms with Crippen LogP contribution < -0.4 is 0 Å². The lowest BCUT2D eigenvalue weighted by molar-refractivity contribution is -0.132. The SMILES string of the molecule is CC(=CC1OC1C)C(=O)O. The fourth-order valence-corrected chi connectivity index (χ4v) is 0.695. The van der Waals surface area contributed by atoms with Crippen LogP contribution >= 0.6 is 0 Å². The third-order valence-corrected chi connectivity index (χ3v) is 1.51. The minimum Gasteiger partial charge on any atom is -0.478 e. The molecular formula is C7H10O3. The molecule has 1 heterocycles. The van der Waals surface area contributed by atoms with E-state index in [4.69, 9.17) is 9.84 Å². The molecule has 1 rings (SSSR count). The normalized spacial score (nSPS) is 32.0. The van der Waals surface area contributed by atoms with Crippen LogP contribution in [0.4, 0.5) is 0 Å². The Hall–Kier alpha value is -0.830. The van der Waals surface area contributed by atoms with E-state index < -0.39 is 5.97 Å². The Kier molecular flexibility index (Phi) is 1.76. The van der Waals surface area contributed by atoms with Gasteiger partial charge in [-0.1, -0.05) is 0 Å². The van der Waals surface area contributed by atoms with Gasteiger partial charge in [0, 0.05) is 5.57 Å². The van der Waals surface area contributed by atoms with Crippen molar-refractivity contribution in [2.45, 2.75) is 26.1 Å². The van der Waals surface area contributed by atoms with Crippen LogP contribution in [0.1, 0.15) is 13.8 Å². The summed E-state index contributed by atoms with van der Waals surface area (Å²) in [5.41, 5.74) is 0.356. The van der Waals surface area contributed by atoms with Gasteiger partial charge in [0.05, 0.1) is 6.10 Å². The molecule has 0 aromatic rings. The van der Waals surface area contributed by atoms with Gasteiger partial charge in [-0.2, -0.15) is 0 Å². The van der Waals surface area contributed by atoms with Crippen LogP contribution in [0, 0.1) is 0 Å². The summed E-state index contributed by atoms with van der Waals surface area (Å²) in [6, 6.07) is 0. The molecule has 1 aliphatic rings. The van der Waals surface area contributed by atoms with Crippen molar-refractivity contribution in [3.63, 3.8) is 0 Å². The lowest BCUT2D eigenvalue weighted by Crippen LogP contribution is -1.98. The zero-order valence-electron chi connectivity index (χ0n) is 6.00. The number of hydrogen-bond acceptors (Lipinski definition) is 2. The third-order valence-electron chi connectivity index (χ3n) is 1.51. The van der Waals surface area contributed by atoms with Gasteiger partial charge < -0.3 is 9.84 Å². The van der Waals surface area contributed by atoms with E-state index in [-0.39, 0.29) is 12.2 Å². The Morgan fingerprint density at radius 2 is 2.20 bits per heavy atom. The van der Waals surface area contributed by atoms with Crippen LogP contribution in [0.2, 0.25) is 0 Å². The van der Waals surface area contributed by atoms with E-state index in [0.29, 0.717) is 5.57 Å². The van der Waals surface area contributed by atoms with Crippen LogP contribution in [0.15, 0.2) is 11.6 Å². The molecule has 0 bridgehead atoms. The Bertz CT molecular complexity index is 183. The van der Waals surface area contributed by atoms with Gasteiger partial charge in [0.25, 0.3) is 0 Å². The van der Waals surface area contributed by atoms with Crippen LogP contribution in [-0.2, 0) is 9.53 Å². The van der Waals surface area contributed by atoms with Gasteiger partial charge in [0.15, 0.2) is 0 Å². The zero-order chi connectivity index (χ0) is 7.72. The number of carboxylic acid groups (broad SMARTS) is 1. The van der Waals surface area contributed by atoms with Gasteiger partial charge in [-0.15, -0.1) is 0 Å². The van der Waals surface area contributed by atoms with Gasteiger partial charge in [0.2, 0.25) is 0 Å². The second kappa shape index (κ2) is 2.42. The first-order valence-electron chi connectivity index (χ1n) is 3.18. The first-order valence-corrected chi connectivity index (χ1v) is 3.18. The fraction of sp³-hybridized carbons (Fsp3) is 0.571. The lowest BCUT2D eigenvalue weighted by Gasteiger charge is -1.87. The average Bonchev–Trinajstić information content (AvgIpc) is 2.46. The van der Waals surface area contributed by atoms with Crippen molar-refractivity contribution >= 4 is 5.97 Å². The largest absolute Gasteiger partial charge is 0.478 e. The Morgan fingerprint density at radius 1 is 1.70 bits per heavy atom. The predicted molar refractivity (Wildman–Crippen MR) is 35.7 cm³/mol. The molecule has 1 aliphatic heterocycles. The predicted octanol–water partition coefficient (Wildman–Crippen LogP) is 0.805. The lowest BCUT2D eigenvalue weighted by atomic mass is 10.2. The second-order valence-corrected chi connectivity index (χ2v) is 2.46. The minimum atomic E-state index is -0.872. The molecule has 1 N–H and O–H groups in total. The Labute approximate surface area is 59.3 Å². The van der Waals surface area contributed by atoms with Crippen molar-refractivity contribution in [2.75, 3.05) is 0 Å².